The van der Waals surface area contributed by atoms with Crippen LogP contribution in [0, 0.1) is 0 Å². The van der Waals surface area contributed by atoms with Crippen molar-refractivity contribution in [1.29, 1.82) is 0 Å². The monoisotopic (exact) mass is 247 g/mol. The van der Waals surface area contributed by atoms with Crippen molar-refractivity contribution in [2.45, 2.75) is 0 Å². The number of aromatic nitrogens is 2. The van der Waals surface area contributed by atoms with Gasteiger partial charge in [0.1, 0.15) is 6.61 Å². The van der Waals surface area contributed by atoms with Crippen LogP contribution in [-0.4, -0.2) is 40.5 Å². The molecule has 0 atom stereocenters. The van der Waals surface area contributed by atoms with E-state index >= 15 is 0 Å². The van der Waals surface area contributed by atoms with Crippen molar-refractivity contribution in [3.05, 3.63) is 23.9 Å². The Labute approximate surface area is 101 Å². The largest absolute Gasteiger partial charge is 0.476 e. The predicted octanol–water partition coefficient (Wildman–Crippen LogP) is 1.22. The van der Waals surface area contributed by atoms with Crippen molar-refractivity contribution in [2.75, 3.05) is 18.1 Å². The third-order valence-electron chi connectivity index (χ3n) is 2.82. The van der Waals surface area contributed by atoms with E-state index in [1.54, 1.807) is 18.2 Å². The first-order valence-corrected chi connectivity index (χ1v) is 5.32. The standard InChI is InChI=1S/C11H9N3O4/c15-10(16)9-7-5-6(1-2-8(7)12-13-9)14-3-4-18-11(14)17/h1-2,5H,3-4H2,(H,12,13)(H,15,16). The van der Waals surface area contributed by atoms with Gasteiger partial charge in [0.2, 0.25) is 0 Å². The van der Waals surface area contributed by atoms with E-state index in [-0.39, 0.29) is 5.69 Å². The van der Waals surface area contributed by atoms with Crippen molar-refractivity contribution in [1.82, 2.24) is 10.2 Å². The van der Waals surface area contributed by atoms with Crippen LogP contribution in [0.1, 0.15) is 10.5 Å². The number of anilines is 1. The molecular weight excluding hydrogens is 238 g/mol. The number of H-pyrrole nitrogens is 1. The van der Waals surface area contributed by atoms with Crippen LogP contribution in [0.3, 0.4) is 0 Å². The van der Waals surface area contributed by atoms with Crippen LogP contribution < -0.4 is 4.90 Å². The van der Waals surface area contributed by atoms with Crippen molar-refractivity contribution in [2.24, 2.45) is 0 Å². The van der Waals surface area contributed by atoms with Gasteiger partial charge in [0.05, 0.1) is 12.1 Å². The number of nitrogens with zero attached hydrogens (tertiary/aromatic N) is 2. The van der Waals surface area contributed by atoms with E-state index in [4.69, 9.17) is 9.84 Å². The first-order valence-electron chi connectivity index (χ1n) is 5.32. The van der Waals surface area contributed by atoms with Gasteiger partial charge in [0.15, 0.2) is 5.69 Å². The number of aromatic amines is 1. The van der Waals surface area contributed by atoms with E-state index in [0.29, 0.717) is 29.7 Å². The maximum atomic E-state index is 11.4. The van der Waals surface area contributed by atoms with Crippen molar-refractivity contribution in [3.8, 4) is 0 Å². The lowest BCUT2D eigenvalue weighted by molar-refractivity contribution is 0.0692. The van der Waals surface area contributed by atoms with E-state index in [0.717, 1.165) is 0 Å². The van der Waals surface area contributed by atoms with Crippen LogP contribution in [0.4, 0.5) is 10.5 Å². The number of fused-ring (bicyclic) bond motifs is 1. The molecule has 18 heavy (non-hydrogen) atoms. The molecule has 1 aromatic carbocycles. The molecular formula is C11H9N3O4. The summed E-state index contributed by atoms with van der Waals surface area (Å²) < 4.78 is 4.84. The minimum absolute atomic E-state index is 0.0561. The van der Waals surface area contributed by atoms with Crippen LogP contribution in [0.2, 0.25) is 0 Å². The number of aromatic carboxylic acids is 1. The van der Waals surface area contributed by atoms with Gasteiger partial charge < -0.3 is 9.84 Å². The predicted molar refractivity (Wildman–Crippen MR) is 61.7 cm³/mol. The molecule has 1 saturated heterocycles. The number of hydrogen-bond acceptors (Lipinski definition) is 4. The minimum atomic E-state index is -1.11. The summed E-state index contributed by atoms with van der Waals surface area (Å²) in [5, 5.41) is 15.8. The molecule has 1 aromatic heterocycles. The summed E-state index contributed by atoms with van der Waals surface area (Å²) in [5.41, 5.74) is 1.16. The SMILES string of the molecule is O=C(O)c1n[nH]c2ccc(N3CCOC3=O)cc12. The van der Waals surface area contributed by atoms with Gasteiger partial charge in [0, 0.05) is 11.1 Å². The highest BCUT2D eigenvalue weighted by Crippen LogP contribution is 2.25. The molecule has 7 heteroatoms. The Morgan fingerprint density at radius 1 is 1.50 bits per heavy atom. The number of hydrogen-bond donors (Lipinski definition) is 2. The number of carbonyl (C=O) groups excluding carboxylic acids is 1. The van der Waals surface area contributed by atoms with Crippen molar-refractivity contribution in [3.63, 3.8) is 0 Å². The number of carboxylic acids is 1. The average Bonchev–Trinajstić information content (AvgIpc) is 2.93. The van der Waals surface area contributed by atoms with Gasteiger partial charge in [-0.15, -0.1) is 0 Å². The Hall–Kier alpha value is -2.57. The topological polar surface area (TPSA) is 95.5 Å². The number of amides is 1. The van der Waals surface area contributed by atoms with Gasteiger partial charge in [0.25, 0.3) is 0 Å². The number of nitrogens with one attached hydrogen (secondary N) is 1. The summed E-state index contributed by atoms with van der Waals surface area (Å²) in [6.07, 6.45) is -0.422. The summed E-state index contributed by atoms with van der Waals surface area (Å²) in [5.74, 6) is -1.11. The minimum Gasteiger partial charge on any atom is -0.476 e. The van der Waals surface area contributed by atoms with Gasteiger partial charge >= 0.3 is 12.1 Å². The molecule has 2 aromatic rings. The maximum Gasteiger partial charge on any atom is 0.414 e. The van der Waals surface area contributed by atoms with Crippen molar-refractivity contribution < 1.29 is 19.4 Å². The number of rotatable bonds is 2. The fraction of sp³-hybridized carbons (Fsp3) is 0.182. The molecule has 3 rings (SSSR count). The lowest BCUT2D eigenvalue weighted by Gasteiger charge is -2.12. The summed E-state index contributed by atoms with van der Waals surface area (Å²) in [4.78, 5) is 23.9. The molecule has 0 radical (unpaired) electrons. The summed E-state index contributed by atoms with van der Waals surface area (Å²) in [7, 11) is 0. The summed E-state index contributed by atoms with van der Waals surface area (Å²) in [6.45, 7) is 0.804. The van der Waals surface area contributed by atoms with E-state index in [1.807, 2.05) is 0 Å². The van der Waals surface area contributed by atoms with E-state index < -0.39 is 12.1 Å². The maximum absolute atomic E-state index is 11.4. The molecule has 0 saturated carbocycles. The van der Waals surface area contributed by atoms with Gasteiger partial charge in [-0.05, 0) is 18.2 Å². The van der Waals surface area contributed by atoms with E-state index in [9.17, 15) is 9.59 Å². The molecule has 0 aliphatic carbocycles. The normalized spacial score (nSPS) is 15.1. The van der Waals surface area contributed by atoms with E-state index in [2.05, 4.69) is 10.2 Å². The first-order chi connectivity index (χ1) is 8.66. The zero-order valence-electron chi connectivity index (χ0n) is 9.21. The summed E-state index contributed by atoms with van der Waals surface area (Å²) >= 11 is 0. The number of carbonyl (C=O) groups is 2. The van der Waals surface area contributed by atoms with Gasteiger partial charge in [-0.2, -0.15) is 5.10 Å². The van der Waals surface area contributed by atoms with Gasteiger partial charge in [-0.25, -0.2) is 9.59 Å². The Balaban J connectivity index is 2.12. The zero-order valence-corrected chi connectivity index (χ0v) is 9.21. The van der Waals surface area contributed by atoms with Crippen molar-refractivity contribution >= 4 is 28.7 Å². The lowest BCUT2D eigenvalue weighted by atomic mass is 10.2. The molecule has 2 heterocycles. The molecule has 1 aliphatic heterocycles. The fourth-order valence-corrected chi connectivity index (χ4v) is 1.96. The lowest BCUT2D eigenvalue weighted by Crippen LogP contribution is -2.23. The molecule has 92 valence electrons. The Morgan fingerprint density at radius 3 is 3.00 bits per heavy atom. The molecule has 1 aliphatic rings. The Morgan fingerprint density at radius 2 is 2.33 bits per heavy atom. The molecule has 0 bridgehead atoms. The molecule has 7 nitrogen and oxygen atoms in total. The van der Waals surface area contributed by atoms with E-state index in [1.165, 1.54) is 4.90 Å². The van der Waals surface area contributed by atoms with Gasteiger partial charge in [-0.1, -0.05) is 0 Å². The Kier molecular flexibility index (Phi) is 2.19. The molecule has 0 spiro atoms. The molecule has 0 unspecified atom stereocenters. The summed E-state index contributed by atoms with van der Waals surface area (Å²) in [6, 6.07) is 5.03. The highest BCUT2D eigenvalue weighted by molar-refractivity contribution is 6.03. The molecule has 2 N–H and O–H groups in total. The fourth-order valence-electron chi connectivity index (χ4n) is 1.96. The smallest absolute Gasteiger partial charge is 0.414 e. The number of cyclic esters (lactones) is 1. The quantitative estimate of drug-likeness (QED) is 0.831. The second-order valence-electron chi connectivity index (χ2n) is 3.87. The third kappa shape index (κ3) is 1.48. The second kappa shape index (κ2) is 3.73. The number of carboxylic acid groups (broad SMARTS) is 1. The zero-order chi connectivity index (χ0) is 12.7. The molecule has 1 fully saturated rings. The Bertz CT molecular complexity index is 649. The van der Waals surface area contributed by atoms with Crippen LogP contribution in [0.25, 0.3) is 10.9 Å². The van der Waals surface area contributed by atoms with Crippen LogP contribution >= 0.6 is 0 Å². The van der Waals surface area contributed by atoms with Crippen LogP contribution in [0.15, 0.2) is 18.2 Å². The average molecular weight is 247 g/mol. The number of ether oxygens (including phenoxy) is 1. The van der Waals surface area contributed by atoms with Crippen LogP contribution in [0.5, 0.6) is 0 Å². The molecule has 1 amide bonds. The first kappa shape index (κ1) is 10.6. The third-order valence-corrected chi connectivity index (χ3v) is 2.82. The highest BCUT2D eigenvalue weighted by Gasteiger charge is 2.24. The highest BCUT2D eigenvalue weighted by atomic mass is 16.6. The van der Waals surface area contributed by atoms with Gasteiger partial charge in [-0.3, -0.25) is 10.00 Å². The second-order valence-corrected chi connectivity index (χ2v) is 3.87. The number of benzene rings is 1. The van der Waals surface area contributed by atoms with Crippen LogP contribution in [-0.2, 0) is 4.74 Å².